The third-order valence-corrected chi connectivity index (χ3v) is 5.22. The molecule has 0 aliphatic carbocycles. The number of nitrogens with one attached hydrogen (secondary N) is 1. The lowest BCUT2D eigenvalue weighted by atomic mass is 9.98. The molecule has 3 aromatic carbocycles. The molecule has 1 unspecified atom stereocenters. The van der Waals surface area contributed by atoms with Gasteiger partial charge in [-0.3, -0.25) is 9.59 Å². The number of carbonyl (C=O) groups excluding carboxylic acids is 1. The lowest BCUT2D eigenvalue weighted by Crippen LogP contribution is -2.31. The minimum Gasteiger partial charge on any atom is -0.341 e. The molecule has 0 bridgehead atoms. The highest BCUT2D eigenvalue weighted by atomic mass is 35.5. The summed E-state index contributed by atoms with van der Waals surface area (Å²) < 4.78 is 1.54. The molecule has 29 heavy (non-hydrogen) atoms. The molecule has 0 aliphatic heterocycles. The van der Waals surface area contributed by atoms with E-state index >= 15 is 0 Å². The van der Waals surface area contributed by atoms with Crippen molar-refractivity contribution in [2.45, 2.75) is 6.04 Å². The van der Waals surface area contributed by atoms with Crippen LogP contribution in [0.25, 0.3) is 10.9 Å². The molecule has 144 valence electrons. The first-order chi connectivity index (χ1) is 14.0. The van der Waals surface area contributed by atoms with Crippen molar-refractivity contribution in [1.82, 2.24) is 9.88 Å². The Bertz CT molecular complexity index is 1250. The van der Waals surface area contributed by atoms with Gasteiger partial charge in [-0.2, -0.15) is 0 Å². The maximum absolute atomic E-state index is 13.3. The number of aromatic nitrogens is 1. The Kier molecular flexibility index (Phi) is 5.19. The zero-order valence-electron chi connectivity index (χ0n) is 15.8. The van der Waals surface area contributed by atoms with Crippen molar-refractivity contribution in [2.24, 2.45) is 7.05 Å². The van der Waals surface area contributed by atoms with E-state index in [1.807, 2.05) is 72.8 Å². The van der Waals surface area contributed by atoms with E-state index in [0.29, 0.717) is 16.1 Å². The standard InChI is InChI=1S/C24H19ClN2O2/c1-27-21-13-6-5-12-19(21)20(15-22(27)28)24(29)26-23(16-8-3-2-4-9-16)17-10-7-11-18(25)14-17/h2-15,23H,1H3,(H,26,29). The molecule has 1 N–H and O–H groups in total. The first kappa shape index (κ1) is 19.0. The SMILES string of the molecule is Cn1c(=O)cc(C(=O)NC(c2ccccc2)c2cccc(Cl)c2)c2ccccc21. The van der Waals surface area contributed by atoms with Crippen molar-refractivity contribution in [1.29, 1.82) is 0 Å². The second-order valence-corrected chi connectivity index (χ2v) is 7.28. The molecule has 1 atom stereocenters. The van der Waals surface area contributed by atoms with Gasteiger partial charge in [-0.1, -0.05) is 72.3 Å². The summed E-state index contributed by atoms with van der Waals surface area (Å²) in [6.07, 6.45) is 0. The van der Waals surface area contributed by atoms with Gasteiger partial charge in [0.1, 0.15) is 0 Å². The molecule has 0 spiro atoms. The summed E-state index contributed by atoms with van der Waals surface area (Å²) in [5, 5.41) is 4.41. The number of pyridine rings is 1. The summed E-state index contributed by atoms with van der Waals surface area (Å²) in [5.41, 5.74) is 2.63. The quantitative estimate of drug-likeness (QED) is 0.537. The summed E-state index contributed by atoms with van der Waals surface area (Å²) in [6, 6.07) is 25.5. The van der Waals surface area contributed by atoms with Gasteiger partial charge in [0.15, 0.2) is 0 Å². The number of fused-ring (bicyclic) bond motifs is 1. The van der Waals surface area contributed by atoms with Crippen LogP contribution in [0, 0.1) is 0 Å². The van der Waals surface area contributed by atoms with Crippen molar-refractivity contribution in [3.8, 4) is 0 Å². The second-order valence-electron chi connectivity index (χ2n) is 6.84. The summed E-state index contributed by atoms with van der Waals surface area (Å²) in [7, 11) is 1.70. The van der Waals surface area contributed by atoms with Crippen LogP contribution >= 0.6 is 11.6 Å². The van der Waals surface area contributed by atoms with Gasteiger partial charge >= 0.3 is 0 Å². The minimum atomic E-state index is -0.398. The average molecular weight is 403 g/mol. The number of rotatable bonds is 4. The molecule has 4 aromatic rings. The molecule has 0 saturated heterocycles. The fourth-order valence-corrected chi connectivity index (χ4v) is 3.70. The lowest BCUT2D eigenvalue weighted by Gasteiger charge is -2.21. The van der Waals surface area contributed by atoms with Crippen LogP contribution in [0.5, 0.6) is 0 Å². The van der Waals surface area contributed by atoms with Crippen molar-refractivity contribution in [3.63, 3.8) is 0 Å². The minimum absolute atomic E-state index is 0.229. The van der Waals surface area contributed by atoms with E-state index in [1.54, 1.807) is 13.1 Å². The molecule has 5 heteroatoms. The van der Waals surface area contributed by atoms with Gasteiger partial charge in [0, 0.05) is 23.5 Å². The topological polar surface area (TPSA) is 51.1 Å². The van der Waals surface area contributed by atoms with E-state index in [9.17, 15) is 9.59 Å². The molecule has 4 nitrogen and oxygen atoms in total. The third-order valence-electron chi connectivity index (χ3n) is 4.99. The smallest absolute Gasteiger partial charge is 0.252 e. The zero-order valence-corrected chi connectivity index (χ0v) is 16.6. The van der Waals surface area contributed by atoms with Crippen LogP contribution in [0.1, 0.15) is 27.5 Å². The Balaban J connectivity index is 1.80. The fourth-order valence-electron chi connectivity index (χ4n) is 3.50. The van der Waals surface area contributed by atoms with Crippen molar-refractivity contribution in [2.75, 3.05) is 0 Å². The number of benzene rings is 3. The first-order valence-corrected chi connectivity index (χ1v) is 9.62. The van der Waals surface area contributed by atoms with Crippen LogP contribution in [0.3, 0.4) is 0 Å². The van der Waals surface area contributed by atoms with Gasteiger partial charge in [-0.25, -0.2) is 0 Å². The monoisotopic (exact) mass is 402 g/mol. The van der Waals surface area contributed by atoms with E-state index in [1.165, 1.54) is 10.6 Å². The molecule has 0 aliphatic rings. The first-order valence-electron chi connectivity index (χ1n) is 9.24. The van der Waals surface area contributed by atoms with Gasteiger partial charge in [-0.15, -0.1) is 0 Å². The molecule has 4 rings (SSSR count). The highest BCUT2D eigenvalue weighted by Crippen LogP contribution is 2.25. The van der Waals surface area contributed by atoms with Gasteiger partial charge in [0.2, 0.25) is 0 Å². The summed E-state index contributed by atoms with van der Waals surface area (Å²) in [6.45, 7) is 0. The van der Waals surface area contributed by atoms with Gasteiger partial charge < -0.3 is 9.88 Å². The van der Waals surface area contributed by atoms with Crippen molar-refractivity contribution >= 4 is 28.4 Å². The number of amides is 1. The van der Waals surface area contributed by atoms with Gasteiger partial charge in [-0.05, 0) is 29.3 Å². The summed E-state index contributed by atoms with van der Waals surface area (Å²) >= 11 is 6.19. The predicted molar refractivity (Wildman–Crippen MR) is 116 cm³/mol. The molecule has 0 fully saturated rings. The van der Waals surface area contributed by atoms with Crippen LogP contribution in [0.4, 0.5) is 0 Å². The summed E-state index contributed by atoms with van der Waals surface area (Å²) in [4.78, 5) is 25.7. The Morgan fingerprint density at radius 1 is 0.897 bits per heavy atom. The van der Waals surface area contributed by atoms with Crippen LogP contribution < -0.4 is 10.9 Å². The van der Waals surface area contributed by atoms with Gasteiger partial charge in [0.25, 0.3) is 11.5 Å². The van der Waals surface area contributed by atoms with E-state index in [-0.39, 0.29) is 11.5 Å². The number of para-hydroxylation sites is 1. The van der Waals surface area contributed by atoms with Gasteiger partial charge in [0.05, 0.1) is 17.1 Å². The molecular weight excluding hydrogens is 384 g/mol. The van der Waals surface area contributed by atoms with E-state index < -0.39 is 6.04 Å². The predicted octanol–water partition coefficient (Wildman–Crippen LogP) is 4.71. The largest absolute Gasteiger partial charge is 0.341 e. The van der Waals surface area contributed by atoms with E-state index in [2.05, 4.69) is 5.32 Å². The maximum Gasteiger partial charge on any atom is 0.252 e. The average Bonchev–Trinajstić information content (AvgIpc) is 2.75. The molecule has 0 saturated carbocycles. The Morgan fingerprint density at radius 3 is 2.34 bits per heavy atom. The number of hydrogen-bond acceptors (Lipinski definition) is 2. The fraction of sp³-hybridized carbons (Fsp3) is 0.0833. The second kappa shape index (κ2) is 7.94. The van der Waals surface area contributed by atoms with Crippen molar-refractivity contribution in [3.05, 3.63) is 117 Å². The highest BCUT2D eigenvalue weighted by Gasteiger charge is 2.20. The Morgan fingerprint density at radius 2 is 1.59 bits per heavy atom. The summed E-state index contributed by atoms with van der Waals surface area (Å²) in [5.74, 6) is -0.312. The van der Waals surface area contributed by atoms with E-state index in [0.717, 1.165) is 16.5 Å². The third kappa shape index (κ3) is 3.80. The van der Waals surface area contributed by atoms with Crippen LogP contribution in [-0.2, 0) is 7.05 Å². The molecule has 1 heterocycles. The molecular formula is C24H19ClN2O2. The van der Waals surface area contributed by atoms with Crippen molar-refractivity contribution < 1.29 is 4.79 Å². The number of hydrogen-bond donors (Lipinski definition) is 1. The molecule has 1 aromatic heterocycles. The zero-order chi connectivity index (χ0) is 20.4. The number of nitrogens with zero attached hydrogens (tertiary/aromatic N) is 1. The highest BCUT2D eigenvalue weighted by molar-refractivity contribution is 6.30. The van der Waals surface area contributed by atoms with Crippen LogP contribution in [0.2, 0.25) is 5.02 Å². The van der Waals surface area contributed by atoms with Crippen LogP contribution in [0.15, 0.2) is 89.7 Å². The molecule has 0 radical (unpaired) electrons. The lowest BCUT2D eigenvalue weighted by molar-refractivity contribution is 0.0944. The van der Waals surface area contributed by atoms with E-state index in [4.69, 9.17) is 11.6 Å². The molecule has 1 amide bonds. The Labute approximate surface area is 173 Å². The van der Waals surface area contributed by atoms with Crippen LogP contribution in [-0.4, -0.2) is 10.5 Å². The number of aryl methyl sites for hydroxylation is 1. The normalized spacial score (nSPS) is 11.9. The number of halogens is 1. The Hall–Kier alpha value is -3.37. The maximum atomic E-state index is 13.3. The number of carbonyl (C=O) groups is 1.